The van der Waals surface area contributed by atoms with Crippen molar-refractivity contribution in [2.45, 2.75) is 38.5 Å². The van der Waals surface area contributed by atoms with Crippen LogP contribution in [-0.2, 0) is 9.59 Å². The van der Waals surface area contributed by atoms with Crippen LogP contribution in [0.5, 0.6) is 0 Å². The summed E-state index contributed by atoms with van der Waals surface area (Å²) in [7, 11) is 0. The number of hydrogen-bond donors (Lipinski definition) is 1. The normalized spacial score (nSPS) is 28.9. The zero-order valence-electron chi connectivity index (χ0n) is 9.52. The summed E-state index contributed by atoms with van der Waals surface area (Å²) >= 11 is 0. The standard InChI is InChI=1S/C12H19NO3/c14-11(3-4-12(15)16)13-6-5-9-1-2-10(7-9)8-13/h9-10H,1-8H2,(H,15,16). The second-order valence-corrected chi connectivity index (χ2v) is 5.07. The molecule has 0 aromatic carbocycles. The molecule has 1 aliphatic carbocycles. The van der Waals surface area contributed by atoms with E-state index >= 15 is 0 Å². The lowest BCUT2D eigenvalue weighted by molar-refractivity contribution is -0.141. The van der Waals surface area contributed by atoms with Gasteiger partial charge in [0.2, 0.25) is 5.91 Å². The number of rotatable bonds is 3. The van der Waals surface area contributed by atoms with Crippen LogP contribution in [0.2, 0.25) is 0 Å². The van der Waals surface area contributed by atoms with Crippen LogP contribution in [0.4, 0.5) is 0 Å². The van der Waals surface area contributed by atoms with E-state index in [0.29, 0.717) is 5.92 Å². The maximum atomic E-state index is 11.8. The quantitative estimate of drug-likeness (QED) is 0.791. The maximum absolute atomic E-state index is 11.8. The Hall–Kier alpha value is -1.06. The summed E-state index contributed by atoms with van der Waals surface area (Å²) < 4.78 is 0. The van der Waals surface area contributed by atoms with E-state index in [-0.39, 0.29) is 18.7 Å². The lowest BCUT2D eigenvalue weighted by Crippen LogP contribution is -2.35. The average molecular weight is 225 g/mol. The van der Waals surface area contributed by atoms with Crippen LogP contribution in [0, 0.1) is 11.8 Å². The van der Waals surface area contributed by atoms with E-state index in [1.807, 2.05) is 4.90 Å². The fourth-order valence-electron chi connectivity index (χ4n) is 2.95. The number of carbonyl (C=O) groups excluding carboxylic acids is 1. The number of fused-ring (bicyclic) bond motifs is 2. The van der Waals surface area contributed by atoms with E-state index in [9.17, 15) is 9.59 Å². The predicted molar refractivity (Wildman–Crippen MR) is 58.9 cm³/mol. The smallest absolute Gasteiger partial charge is 0.303 e. The number of amides is 1. The van der Waals surface area contributed by atoms with Gasteiger partial charge in [-0.15, -0.1) is 0 Å². The Kier molecular flexibility index (Phi) is 3.46. The van der Waals surface area contributed by atoms with Gasteiger partial charge in [0.1, 0.15) is 0 Å². The topological polar surface area (TPSA) is 57.6 Å². The van der Waals surface area contributed by atoms with Gasteiger partial charge in [0.05, 0.1) is 6.42 Å². The summed E-state index contributed by atoms with van der Waals surface area (Å²) in [6.45, 7) is 1.69. The van der Waals surface area contributed by atoms with E-state index in [2.05, 4.69) is 0 Å². The van der Waals surface area contributed by atoms with Gasteiger partial charge >= 0.3 is 5.97 Å². The van der Waals surface area contributed by atoms with Crippen LogP contribution in [0.15, 0.2) is 0 Å². The number of hydrogen-bond acceptors (Lipinski definition) is 2. The molecule has 2 rings (SSSR count). The van der Waals surface area contributed by atoms with Gasteiger partial charge in [-0.05, 0) is 31.1 Å². The summed E-state index contributed by atoms with van der Waals surface area (Å²) in [4.78, 5) is 24.1. The summed E-state index contributed by atoms with van der Waals surface area (Å²) in [5.74, 6) is 0.614. The van der Waals surface area contributed by atoms with Crippen LogP contribution in [0.3, 0.4) is 0 Å². The Morgan fingerprint density at radius 1 is 1.12 bits per heavy atom. The highest BCUT2D eigenvalue weighted by Gasteiger charge is 2.31. The minimum atomic E-state index is -0.885. The minimum absolute atomic E-state index is 0.0231. The molecule has 0 aromatic rings. The first kappa shape index (κ1) is 11.4. The molecule has 0 spiro atoms. The Balaban J connectivity index is 1.84. The molecule has 16 heavy (non-hydrogen) atoms. The monoisotopic (exact) mass is 225 g/mol. The molecule has 2 unspecified atom stereocenters. The highest BCUT2D eigenvalue weighted by Crippen LogP contribution is 2.36. The van der Waals surface area contributed by atoms with Gasteiger partial charge < -0.3 is 10.0 Å². The fourth-order valence-corrected chi connectivity index (χ4v) is 2.95. The number of aliphatic carboxylic acids is 1. The largest absolute Gasteiger partial charge is 0.481 e. The van der Waals surface area contributed by atoms with E-state index in [1.165, 1.54) is 19.3 Å². The zero-order chi connectivity index (χ0) is 11.5. The SMILES string of the molecule is O=C(O)CCC(=O)N1CCC2CCC(C2)C1. The summed E-state index contributed by atoms with van der Waals surface area (Å²) in [5, 5.41) is 8.55. The fraction of sp³-hybridized carbons (Fsp3) is 0.833. The van der Waals surface area contributed by atoms with Crippen molar-refractivity contribution < 1.29 is 14.7 Å². The number of likely N-dealkylation sites (tertiary alicyclic amines) is 1. The molecule has 1 saturated carbocycles. The summed E-state index contributed by atoms with van der Waals surface area (Å²) in [6, 6.07) is 0. The van der Waals surface area contributed by atoms with Crippen molar-refractivity contribution in [1.82, 2.24) is 4.90 Å². The molecule has 0 radical (unpaired) electrons. The average Bonchev–Trinajstić information content (AvgIpc) is 2.55. The van der Waals surface area contributed by atoms with E-state index in [0.717, 1.165) is 25.4 Å². The predicted octanol–water partition coefficient (Wildman–Crippen LogP) is 1.50. The van der Waals surface area contributed by atoms with Gasteiger partial charge in [0.15, 0.2) is 0 Å². The van der Waals surface area contributed by atoms with Crippen LogP contribution < -0.4 is 0 Å². The Morgan fingerprint density at radius 3 is 2.62 bits per heavy atom. The Morgan fingerprint density at radius 2 is 1.88 bits per heavy atom. The van der Waals surface area contributed by atoms with Crippen molar-refractivity contribution in [1.29, 1.82) is 0 Å². The van der Waals surface area contributed by atoms with E-state index in [1.54, 1.807) is 0 Å². The number of carboxylic acids is 1. The number of carbonyl (C=O) groups is 2. The molecule has 2 atom stereocenters. The van der Waals surface area contributed by atoms with Crippen molar-refractivity contribution in [2.24, 2.45) is 11.8 Å². The van der Waals surface area contributed by atoms with Gasteiger partial charge in [-0.2, -0.15) is 0 Å². The van der Waals surface area contributed by atoms with Gasteiger partial charge in [-0.3, -0.25) is 9.59 Å². The molecule has 0 aromatic heterocycles. The van der Waals surface area contributed by atoms with Crippen LogP contribution in [0.1, 0.15) is 38.5 Å². The van der Waals surface area contributed by atoms with Gasteiger partial charge in [0.25, 0.3) is 0 Å². The molecule has 1 heterocycles. The molecule has 4 heteroatoms. The molecule has 1 saturated heterocycles. The first-order valence-corrected chi connectivity index (χ1v) is 6.14. The number of carboxylic acid groups (broad SMARTS) is 1. The summed E-state index contributed by atoms with van der Waals surface area (Å²) in [6.07, 6.45) is 5.06. The van der Waals surface area contributed by atoms with Crippen LogP contribution in [0.25, 0.3) is 0 Å². The Bertz CT molecular complexity index is 290. The van der Waals surface area contributed by atoms with Crippen molar-refractivity contribution in [3.05, 3.63) is 0 Å². The molecule has 1 N–H and O–H groups in total. The van der Waals surface area contributed by atoms with Gasteiger partial charge in [-0.1, -0.05) is 6.42 Å². The van der Waals surface area contributed by atoms with Crippen LogP contribution in [-0.4, -0.2) is 35.0 Å². The molecular formula is C12H19NO3. The molecule has 2 fully saturated rings. The van der Waals surface area contributed by atoms with Gasteiger partial charge in [0, 0.05) is 19.5 Å². The first-order chi connectivity index (χ1) is 7.65. The van der Waals surface area contributed by atoms with Crippen LogP contribution >= 0.6 is 0 Å². The highest BCUT2D eigenvalue weighted by molar-refractivity contribution is 5.80. The van der Waals surface area contributed by atoms with Gasteiger partial charge in [-0.25, -0.2) is 0 Å². The van der Waals surface area contributed by atoms with E-state index < -0.39 is 5.97 Å². The lowest BCUT2D eigenvalue weighted by Gasteiger charge is -2.24. The molecule has 90 valence electrons. The van der Waals surface area contributed by atoms with Crippen molar-refractivity contribution in [3.8, 4) is 0 Å². The molecule has 4 nitrogen and oxygen atoms in total. The van der Waals surface area contributed by atoms with Crippen molar-refractivity contribution in [3.63, 3.8) is 0 Å². The first-order valence-electron chi connectivity index (χ1n) is 6.14. The molecule has 2 bridgehead atoms. The zero-order valence-corrected chi connectivity index (χ0v) is 9.52. The Labute approximate surface area is 95.6 Å². The van der Waals surface area contributed by atoms with E-state index in [4.69, 9.17) is 5.11 Å². The molecular weight excluding hydrogens is 206 g/mol. The summed E-state index contributed by atoms with van der Waals surface area (Å²) in [5.41, 5.74) is 0. The molecule has 1 amide bonds. The highest BCUT2D eigenvalue weighted by atomic mass is 16.4. The number of nitrogens with zero attached hydrogens (tertiary/aromatic N) is 1. The minimum Gasteiger partial charge on any atom is -0.481 e. The maximum Gasteiger partial charge on any atom is 0.303 e. The third-order valence-corrected chi connectivity index (χ3v) is 3.84. The second-order valence-electron chi connectivity index (χ2n) is 5.07. The van der Waals surface area contributed by atoms with Crippen molar-refractivity contribution >= 4 is 11.9 Å². The third-order valence-electron chi connectivity index (χ3n) is 3.84. The third kappa shape index (κ3) is 2.74. The molecule has 2 aliphatic rings. The molecule has 1 aliphatic heterocycles. The second kappa shape index (κ2) is 4.85. The van der Waals surface area contributed by atoms with Crippen molar-refractivity contribution in [2.75, 3.05) is 13.1 Å². The lowest BCUT2D eigenvalue weighted by atomic mass is 10.0.